The SMILES string of the molecule is CCCOc1ccc(Nc2cc(F)c(Cl)cc2N)cc1. The number of benzene rings is 2. The normalized spacial score (nSPS) is 10.3. The Morgan fingerprint density at radius 2 is 1.95 bits per heavy atom. The standard InChI is InChI=1S/C15H16ClFN2O/c1-2-7-20-11-5-3-10(4-6-11)19-15-9-13(17)12(16)8-14(15)18/h3-6,8-9,19H,2,7,18H2,1H3. The largest absolute Gasteiger partial charge is 0.494 e. The van der Waals surface area contributed by atoms with Gasteiger partial charge in [-0.3, -0.25) is 0 Å². The van der Waals surface area contributed by atoms with Gasteiger partial charge in [-0.15, -0.1) is 0 Å². The van der Waals surface area contributed by atoms with Crippen LogP contribution in [0.2, 0.25) is 5.02 Å². The van der Waals surface area contributed by atoms with E-state index in [2.05, 4.69) is 5.32 Å². The van der Waals surface area contributed by atoms with Gasteiger partial charge in [-0.2, -0.15) is 0 Å². The monoisotopic (exact) mass is 294 g/mol. The summed E-state index contributed by atoms with van der Waals surface area (Å²) in [5, 5.41) is 3.05. The summed E-state index contributed by atoms with van der Waals surface area (Å²) in [5.41, 5.74) is 7.46. The minimum atomic E-state index is -0.508. The first-order valence-electron chi connectivity index (χ1n) is 6.34. The summed E-state index contributed by atoms with van der Waals surface area (Å²) in [4.78, 5) is 0. The summed E-state index contributed by atoms with van der Waals surface area (Å²) in [7, 11) is 0. The molecule has 0 radical (unpaired) electrons. The summed E-state index contributed by atoms with van der Waals surface area (Å²) in [5.74, 6) is 0.291. The van der Waals surface area contributed by atoms with Gasteiger partial charge in [-0.1, -0.05) is 18.5 Å². The molecule has 0 saturated heterocycles. The fraction of sp³-hybridized carbons (Fsp3) is 0.200. The Hall–Kier alpha value is -1.94. The average molecular weight is 295 g/mol. The summed E-state index contributed by atoms with van der Waals surface area (Å²) >= 11 is 5.66. The molecule has 0 amide bonds. The lowest BCUT2D eigenvalue weighted by molar-refractivity contribution is 0.317. The van der Waals surface area contributed by atoms with Crippen LogP contribution >= 0.6 is 11.6 Å². The maximum absolute atomic E-state index is 13.4. The molecule has 0 heterocycles. The summed E-state index contributed by atoms with van der Waals surface area (Å²) in [6.07, 6.45) is 0.959. The highest BCUT2D eigenvalue weighted by Crippen LogP contribution is 2.29. The molecule has 106 valence electrons. The molecule has 3 nitrogen and oxygen atoms in total. The van der Waals surface area contributed by atoms with E-state index in [1.165, 1.54) is 12.1 Å². The zero-order chi connectivity index (χ0) is 14.5. The number of hydrogen-bond donors (Lipinski definition) is 2. The Labute approximate surface area is 122 Å². The van der Waals surface area contributed by atoms with Crippen molar-refractivity contribution in [3.63, 3.8) is 0 Å². The first-order chi connectivity index (χ1) is 9.60. The van der Waals surface area contributed by atoms with Gasteiger partial charge in [0.2, 0.25) is 0 Å². The van der Waals surface area contributed by atoms with Crippen LogP contribution in [0.4, 0.5) is 21.5 Å². The van der Waals surface area contributed by atoms with Crippen molar-refractivity contribution >= 4 is 28.7 Å². The quantitative estimate of drug-likeness (QED) is 0.793. The zero-order valence-electron chi connectivity index (χ0n) is 11.1. The average Bonchev–Trinajstić information content (AvgIpc) is 2.44. The highest BCUT2D eigenvalue weighted by molar-refractivity contribution is 6.31. The van der Waals surface area contributed by atoms with Crippen LogP contribution in [0.5, 0.6) is 5.75 Å². The molecule has 0 spiro atoms. The molecule has 0 atom stereocenters. The smallest absolute Gasteiger partial charge is 0.144 e. The van der Waals surface area contributed by atoms with E-state index in [1.807, 2.05) is 31.2 Å². The van der Waals surface area contributed by atoms with Gasteiger partial charge < -0.3 is 15.8 Å². The van der Waals surface area contributed by atoms with Gasteiger partial charge in [0.15, 0.2) is 0 Å². The van der Waals surface area contributed by atoms with Crippen molar-refractivity contribution in [2.75, 3.05) is 17.7 Å². The van der Waals surface area contributed by atoms with Crippen molar-refractivity contribution in [2.45, 2.75) is 13.3 Å². The van der Waals surface area contributed by atoms with E-state index in [4.69, 9.17) is 22.1 Å². The van der Waals surface area contributed by atoms with Crippen LogP contribution in [0.3, 0.4) is 0 Å². The number of nitrogen functional groups attached to an aromatic ring is 1. The van der Waals surface area contributed by atoms with E-state index in [0.717, 1.165) is 17.9 Å². The van der Waals surface area contributed by atoms with Gasteiger partial charge in [0.25, 0.3) is 0 Å². The minimum absolute atomic E-state index is 0.0105. The second-order valence-electron chi connectivity index (χ2n) is 4.35. The number of ether oxygens (including phenoxy) is 1. The maximum Gasteiger partial charge on any atom is 0.144 e. The molecular formula is C15H16ClFN2O. The van der Waals surface area contributed by atoms with Crippen molar-refractivity contribution in [1.29, 1.82) is 0 Å². The highest BCUT2D eigenvalue weighted by atomic mass is 35.5. The Balaban J connectivity index is 2.12. The fourth-order valence-electron chi connectivity index (χ4n) is 1.68. The third-order valence-electron chi connectivity index (χ3n) is 2.70. The van der Waals surface area contributed by atoms with Gasteiger partial charge in [0, 0.05) is 11.8 Å². The number of nitrogens with two attached hydrogens (primary N) is 1. The first kappa shape index (κ1) is 14.5. The van der Waals surface area contributed by atoms with Gasteiger partial charge in [0.05, 0.1) is 23.0 Å². The lowest BCUT2D eigenvalue weighted by atomic mass is 10.2. The van der Waals surface area contributed by atoms with Gasteiger partial charge >= 0.3 is 0 Å². The third kappa shape index (κ3) is 3.54. The van der Waals surface area contributed by atoms with Gasteiger partial charge in [-0.05, 0) is 36.8 Å². The number of anilines is 3. The van der Waals surface area contributed by atoms with Crippen LogP contribution in [0.1, 0.15) is 13.3 Å². The van der Waals surface area contributed by atoms with Crippen LogP contribution in [0, 0.1) is 5.82 Å². The van der Waals surface area contributed by atoms with Crippen LogP contribution in [-0.2, 0) is 0 Å². The molecule has 0 aliphatic rings. The lowest BCUT2D eigenvalue weighted by Gasteiger charge is -2.11. The Morgan fingerprint density at radius 3 is 2.60 bits per heavy atom. The lowest BCUT2D eigenvalue weighted by Crippen LogP contribution is -1.98. The van der Waals surface area contributed by atoms with Gasteiger partial charge in [0.1, 0.15) is 11.6 Å². The molecule has 2 rings (SSSR count). The molecule has 0 aliphatic carbocycles. The maximum atomic E-state index is 13.4. The number of halogens is 2. The number of hydrogen-bond acceptors (Lipinski definition) is 3. The second kappa shape index (κ2) is 6.48. The van der Waals surface area contributed by atoms with E-state index in [1.54, 1.807) is 0 Å². The van der Waals surface area contributed by atoms with Crippen molar-refractivity contribution in [3.05, 3.63) is 47.2 Å². The van der Waals surface area contributed by atoms with Crippen molar-refractivity contribution < 1.29 is 9.13 Å². The fourth-order valence-corrected chi connectivity index (χ4v) is 1.85. The molecule has 0 bridgehead atoms. The molecule has 0 fully saturated rings. The van der Waals surface area contributed by atoms with Crippen molar-refractivity contribution in [3.8, 4) is 5.75 Å². The van der Waals surface area contributed by atoms with E-state index in [9.17, 15) is 4.39 Å². The van der Waals surface area contributed by atoms with Crippen LogP contribution in [-0.4, -0.2) is 6.61 Å². The third-order valence-corrected chi connectivity index (χ3v) is 2.99. The predicted octanol–water partition coefficient (Wildman–Crippen LogP) is 4.59. The molecule has 0 aromatic heterocycles. The molecule has 2 aromatic rings. The molecule has 3 N–H and O–H groups in total. The van der Waals surface area contributed by atoms with Crippen LogP contribution in [0.15, 0.2) is 36.4 Å². The number of rotatable bonds is 5. The summed E-state index contributed by atoms with van der Waals surface area (Å²) < 4.78 is 18.9. The molecule has 5 heteroatoms. The molecule has 0 unspecified atom stereocenters. The predicted molar refractivity (Wildman–Crippen MR) is 81.3 cm³/mol. The Bertz CT molecular complexity index is 587. The van der Waals surface area contributed by atoms with Crippen LogP contribution in [0.25, 0.3) is 0 Å². The Kier molecular flexibility index (Phi) is 4.69. The van der Waals surface area contributed by atoms with E-state index < -0.39 is 5.82 Å². The van der Waals surface area contributed by atoms with Crippen LogP contribution < -0.4 is 15.8 Å². The highest BCUT2D eigenvalue weighted by Gasteiger charge is 2.06. The summed E-state index contributed by atoms with van der Waals surface area (Å²) in [6, 6.07) is 10.0. The minimum Gasteiger partial charge on any atom is -0.494 e. The zero-order valence-corrected chi connectivity index (χ0v) is 11.9. The van der Waals surface area contributed by atoms with E-state index in [-0.39, 0.29) is 5.02 Å². The van der Waals surface area contributed by atoms with Crippen molar-refractivity contribution in [1.82, 2.24) is 0 Å². The second-order valence-corrected chi connectivity index (χ2v) is 4.76. The molecule has 20 heavy (non-hydrogen) atoms. The Morgan fingerprint density at radius 1 is 1.25 bits per heavy atom. The molecular weight excluding hydrogens is 279 g/mol. The van der Waals surface area contributed by atoms with Gasteiger partial charge in [-0.25, -0.2) is 4.39 Å². The summed E-state index contributed by atoms with van der Waals surface area (Å²) in [6.45, 7) is 2.73. The number of nitrogens with one attached hydrogen (secondary N) is 1. The topological polar surface area (TPSA) is 47.3 Å². The molecule has 0 aliphatic heterocycles. The molecule has 0 saturated carbocycles. The van der Waals surface area contributed by atoms with Crippen molar-refractivity contribution in [2.24, 2.45) is 0 Å². The molecule has 2 aromatic carbocycles. The van der Waals surface area contributed by atoms with E-state index in [0.29, 0.717) is 18.0 Å². The van der Waals surface area contributed by atoms with E-state index >= 15 is 0 Å². The first-order valence-corrected chi connectivity index (χ1v) is 6.72.